The van der Waals surface area contributed by atoms with Crippen LogP contribution in [0, 0.1) is 0 Å². The zero-order valence-corrected chi connectivity index (χ0v) is 8.71. The zero-order chi connectivity index (χ0) is 6.95. The summed E-state index contributed by atoms with van der Waals surface area (Å²) < 4.78 is 3.10. The van der Waals surface area contributed by atoms with Crippen molar-refractivity contribution >= 4 is 0 Å². The first-order valence-corrected chi connectivity index (χ1v) is 6.90. The van der Waals surface area contributed by atoms with E-state index in [2.05, 4.69) is 13.8 Å². The van der Waals surface area contributed by atoms with Gasteiger partial charge in [0, 0.05) is 0 Å². The average Bonchev–Trinajstić information content (AvgIpc) is 1.89. The SMILES string of the molecule is CCC[CH2][Au][CH2]CCC. The van der Waals surface area contributed by atoms with Crippen LogP contribution in [0.2, 0.25) is 9.28 Å². The first-order chi connectivity index (χ1) is 4.41. The van der Waals surface area contributed by atoms with Crippen LogP contribution in [0.4, 0.5) is 0 Å². The Morgan fingerprint density at radius 2 is 1.33 bits per heavy atom. The molecule has 0 rings (SSSR count). The third-order valence-corrected chi connectivity index (χ3v) is 4.20. The van der Waals surface area contributed by atoms with E-state index in [0.29, 0.717) is 19.8 Å². The molecule has 0 radical (unpaired) electrons. The Morgan fingerprint density at radius 1 is 0.889 bits per heavy atom. The van der Waals surface area contributed by atoms with Crippen LogP contribution < -0.4 is 0 Å². The summed E-state index contributed by atoms with van der Waals surface area (Å²) in [5.41, 5.74) is 0. The monoisotopic (exact) mass is 311 g/mol. The molecule has 0 aliphatic carbocycles. The number of hydrogen-bond donors (Lipinski definition) is 0. The molecule has 1 heteroatoms. The first kappa shape index (κ1) is 9.74. The Kier molecular flexibility index (Phi) is 9.46. The number of unbranched alkanes of at least 4 members (excludes halogenated alkanes) is 2. The Hall–Kier alpha value is 0.740. The van der Waals surface area contributed by atoms with Gasteiger partial charge in [0.25, 0.3) is 0 Å². The van der Waals surface area contributed by atoms with Gasteiger partial charge in [-0.2, -0.15) is 0 Å². The minimum atomic E-state index is 0.711. The molecule has 0 nitrogen and oxygen atoms in total. The Labute approximate surface area is 68.7 Å². The van der Waals surface area contributed by atoms with Crippen molar-refractivity contribution in [3.05, 3.63) is 0 Å². The van der Waals surface area contributed by atoms with Gasteiger partial charge in [0.1, 0.15) is 0 Å². The second-order valence-electron chi connectivity index (χ2n) is 2.16. The number of rotatable bonds is 6. The molecule has 0 fully saturated rings. The fourth-order valence-electron chi connectivity index (χ4n) is 0.439. The predicted molar refractivity (Wildman–Crippen MR) is 39.4 cm³/mol. The van der Waals surface area contributed by atoms with Crippen LogP contribution in [0.15, 0.2) is 0 Å². The van der Waals surface area contributed by atoms with E-state index in [1.54, 1.807) is 9.28 Å². The molecule has 0 aromatic rings. The zero-order valence-electron chi connectivity index (χ0n) is 6.54. The van der Waals surface area contributed by atoms with Gasteiger partial charge in [0.15, 0.2) is 0 Å². The normalized spacial score (nSPS) is 10.4. The second kappa shape index (κ2) is 8.74. The van der Waals surface area contributed by atoms with Crippen molar-refractivity contribution in [2.24, 2.45) is 0 Å². The van der Waals surface area contributed by atoms with Crippen LogP contribution in [0.3, 0.4) is 0 Å². The Bertz CT molecular complexity index is 37.8. The summed E-state index contributed by atoms with van der Waals surface area (Å²) in [5.74, 6) is 0. The van der Waals surface area contributed by atoms with Gasteiger partial charge in [-0.1, -0.05) is 0 Å². The van der Waals surface area contributed by atoms with Crippen LogP contribution in [-0.4, -0.2) is 0 Å². The van der Waals surface area contributed by atoms with Crippen LogP contribution in [0.5, 0.6) is 0 Å². The van der Waals surface area contributed by atoms with Crippen molar-refractivity contribution in [3.63, 3.8) is 0 Å². The van der Waals surface area contributed by atoms with E-state index in [9.17, 15) is 0 Å². The van der Waals surface area contributed by atoms with Crippen molar-refractivity contribution in [3.8, 4) is 0 Å². The Balaban J connectivity index is 2.60. The third kappa shape index (κ3) is 8.74. The molecule has 0 unspecified atom stereocenters. The van der Waals surface area contributed by atoms with Crippen molar-refractivity contribution in [1.82, 2.24) is 0 Å². The summed E-state index contributed by atoms with van der Waals surface area (Å²) >= 11 is 0.711. The average molecular weight is 311 g/mol. The molecule has 0 N–H and O–H groups in total. The summed E-state index contributed by atoms with van der Waals surface area (Å²) in [7, 11) is 0. The summed E-state index contributed by atoms with van der Waals surface area (Å²) in [5, 5.41) is 0. The molecule has 9 heavy (non-hydrogen) atoms. The number of hydrogen-bond acceptors (Lipinski definition) is 0. The Morgan fingerprint density at radius 3 is 1.67 bits per heavy atom. The standard InChI is InChI=1S/2C4H9.Au/c2*1-3-4-2;/h2*1,3-4H2,2H3;. The van der Waals surface area contributed by atoms with E-state index < -0.39 is 0 Å². The molecule has 0 aliphatic heterocycles. The summed E-state index contributed by atoms with van der Waals surface area (Å²) in [6.07, 6.45) is 5.74. The molecule has 0 atom stereocenters. The topological polar surface area (TPSA) is 0 Å². The molecular weight excluding hydrogens is 293 g/mol. The van der Waals surface area contributed by atoms with Gasteiger partial charge in [-0.15, -0.1) is 0 Å². The van der Waals surface area contributed by atoms with Crippen molar-refractivity contribution in [2.75, 3.05) is 0 Å². The summed E-state index contributed by atoms with van der Waals surface area (Å²) in [6, 6.07) is 0. The van der Waals surface area contributed by atoms with Crippen LogP contribution in [0.1, 0.15) is 39.5 Å². The second-order valence-corrected chi connectivity index (χ2v) is 5.41. The minimum absolute atomic E-state index is 0.711. The molecule has 61 valence electrons. The fourth-order valence-corrected chi connectivity index (χ4v) is 3.60. The van der Waals surface area contributed by atoms with E-state index in [4.69, 9.17) is 0 Å². The first-order valence-electron chi connectivity index (χ1n) is 3.84. The van der Waals surface area contributed by atoms with Crippen LogP contribution in [0.25, 0.3) is 0 Å². The van der Waals surface area contributed by atoms with Gasteiger partial charge in [0.2, 0.25) is 0 Å². The van der Waals surface area contributed by atoms with Crippen molar-refractivity contribution in [2.45, 2.75) is 48.8 Å². The van der Waals surface area contributed by atoms with Gasteiger partial charge >= 0.3 is 68.6 Å². The molecule has 0 amide bonds. The van der Waals surface area contributed by atoms with E-state index in [0.717, 1.165) is 0 Å². The summed E-state index contributed by atoms with van der Waals surface area (Å²) in [6.45, 7) is 4.56. The van der Waals surface area contributed by atoms with Gasteiger partial charge in [0.05, 0.1) is 0 Å². The molecular formula is C8H18Au. The van der Waals surface area contributed by atoms with Crippen molar-refractivity contribution in [1.29, 1.82) is 0 Å². The maximum atomic E-state index is 2.28. The molecule has 0 saturated heterocycles. The van der Waals surface area contributed by atoms with E-state index in [1.807, 2.05) is 0 Å². The molecule has 0 bridgehead atoms. The predicted octanol–water partition coefficient (Wildman–Crippen LogP) is 3.51. The third-order valence-electron chi connectivity index (χ3n) is 1.13. The van der Waals surface area contributed by atoms with E-state index in [-0.39, 0.29) is 0 Å². The van der Waals surface area contributed by atoms with Gasteiger partial charge in [-0.3, -0.25) is 0 Å². The van der Waals surface area contributed by atoms with Gasteiger partial charge < -0.3 is 0 Å². The quantitative estimate of drug-likeness (QED) is 0.520. The van der Waals surface area contributed by atoms with Gasteiger partial charge in [-0.05, 0) is 0 Å². The van der Waals surface area contributed by atoms with Crippen molar-refractivity contribution < 1.29 is 19.8 Å². The fraction of sp³-hybridized carbons (Fsp3) is 1.00. The molecule has 0 aliphatic rings. The maximum absolute atomic E-state index is 2.28. The molecule has 0 aromatic carbocycles. The molecule has 0 heterocycles. The molecule has 0 spiro atoms. The van der Waals surface area contributed by atoms with Crippen LogP contribution >= 0.6 is 0 Å². The van der Waals surface area contributed by atoms with E-state index in [1.165, 1.54) is 25.7 Å². The summed E-state index contributed by atoms with van der Waals surface area (Å²) in [4.78, 5) is 0. The molecule has 0 aromatic heterocycles. The van der Waals surface area contributed by atoms with Gasteiger partial charge in [-0.25, -0.2) is 0 Å². The molecule has 0 saturated carbocycles. The van der Waals surface area contributed by atoms with E-state index >= 15 is 0 Å². The van der Waals surface area contributed by atoms with Crippen LogP contribution in [-0.2, 0) is 19.8 Å².